The average Bonchev–Trinajstić information content (AvgIpc) is 2.33. The van der Waals surface area contributed by atoms with Crippen LogP contribution in [0.1, 0.15) is 23.2 Å². The summed E-state index contributed by atoms with van der Waals surface area (Å²) < 4.78 is 36.0. The molecule has 0 saturated carbocycles. The Labute approximate surface area is 104 Å². The van der Waals surface area contributed by atoms with E-state index in [2.05, 4.69) is 0 Å². The topological polar surface area (TPSA) is 20.3 Å². The number of hydrogen-bond donors (Lipinski definition) is 0. The van der Waals surface area contributed by atoms with Gasteiger partial charge in [0.05, 0.1) is 6.42 Å². The van der Waals surface area contributed by atoms with Gasteiger partial charge in [0.2, 0.25) is 0 Å². The molecule has 1 aromatic rings. The number of rotatable bonds is 6. The maximum atomic E-state index is 12.0. The molecule has 0 heterocycles. The highest BCUT2D eigenvalue weighted by Gasteiger charge is 2.27. The van der Waals surface area contributed by atoms with Gasteiger partial charge in [-0.05, 0) is 7.05 Å². The predicted octanol–water partition coefficient (Wildman–Crippen LogP) is 3.14. The Balaban J connectivity index is 2.31. The van der Waals surface area contributed by atoms with Gasteiger partial charge in [0.25, 0.3) is 0 Å². The number of nitrogens with zero attached hydrogens (tertiary/aromatic N) is 1. The van der Waals surface area contributed by atoms with Gasteiger partial charge >= 0.3 is 6.18 Å². The Morgan fingerprint density at radius 3 is 2.33 bits per heavy atom. The summed E-state index contributed by atoms with van der Waals surface area (Å²) in [7, 11) is 1.59. The van der Waals surface area contributed by atoms with Gasteiger partial charge in [0, 0.05) is 25.1 Å². The first-order valence-electron chi connectivity index (χ1n) is 5.72. The minimum Gasteiger partial charge on any atom is -0.306 e. The number of alkyl halides is 3. The maximum absolute atomic E-state index is 12.0. The van der Waals surface area contributed by atoms with Crippen LogP contribution < -0.4 is 0 Å². The highest BCUT2D eigenvalue weighted by atomic mass is 19.4. The zero-order valence-corrected chi connectivity index (χ0v) is 10.2. The van der Waals surface area contributed by atoms with Crippen molar-refractivity contribution < 1.29 is 18.0 Å². The van der Waals surface area contributed by atoms with Crippen LogP contribution in [0.5, 0.6) is 0 Å². The minimum atomic E-state index is -4.14. The summed E-state index contributed by atoms with van der Waals surface area (Å²) in [5.74, 6) is -0.0468. The van der Waals surface area contributed by atoms with Crippen LogP contribution in [0.4, 0.5) is 13.2 Å². The van der Waals surface area contributed by atoms with E-state index in [-0.39, 0.29) is 18.7 Å². The Bertz CT molecular complexity index is 376. The van der Waals surface area contributed by atoms with Crippen LogP contribution in [0.25, 0.3) is 0 Å². The first-order valence-corrected chi connectivity index (χ1v) is 5.72. The Hall–Kier alpha value is -1.36. The summed E-state index contributed by atoms with van der Waals surface area (Å²) in [5, 5.41) is 0. The number of Topliss-reactive ketones (excluding diaryl/α,β-unsaturated/α-hetero) is 1. The van der Waals surface area contributed by atoms with E-state index >= 15 is 0 Å². The van der Waals surface area contributed by atoms with E-state index in [0.717, 1.165) is 0 Å². The van der Waals surface area contributed by atoms with Crippen molar-refractivity contribution in [2.75, 3.05) is 20.1 Å². The summed E-state index contributed by atoms with van der Waals surface area (Å²) in [5.41, 5.74) is 0.599. The third-order valence-electron chi connectivity index (χ3n) is 2.59. The van der Waals surface area contributed by atoms with E-state index in [4.69, 9.17) is 0 Å². The number of benzene rings is 1. The molecule has 0 aromatic heterocycles. The van der Waals surface area contributed by atoms with Crippen LogP contribution in [0.2, 0.25) is 0 Å². The number of halogens is 3. The van der Waals surface area contributed by atoms with Crippen molar-refractivity contribution in [2.45, 2.75) is 19.0 Å². The molecule has 0 saturated heterocycles. The lowest BCUT2D eigenvalue weighted by atomic mass is 10.1. The van der Waals surface area contributed by atoms with Crippen molar-refractivity contribution in [3.63, 3.8) is 0 Å². The number of carbonyl (C=O) groups is 1. The zero-order valence-electron chi connectivity index (χ0n) is 10.2. The molecule has 2 nitrogen and oxygen atoms in total. The molecule has 0 aliphatic rings. The Morgan fingerprint density at radius 1 is 1.17 bits per heavy atom. The molecule has 0 bridgehead atoms. The molecule has 0 N–H and O–H groups in total. The molecule has 0 aliphatic carbocycles. The van der Waals surface area contributed by atoms with Gasteiger partial charge in [-0.15, -0.1) is 0 Å². The van der Waals surface area contributed by atoms with E-state index < -0.39 is 12.6 Å². The lowest BCUT2D eigenvalue weighted by Crippen LogP contribution is -2.26. The number of ketones is 1. The molecule has 1 aromatic carbocycles. The van der Waals surface area contributed by atoms with Gasteiger partial charge in [-0.2, -0.15) is 13.2 Å². The standard InChI is InChI=1S/C13H16F3NO/c1-17(10-8-13(14,15)16)9-7-12(18)11-5-3-2-4-6-11/h2-6H,7-10H2,1H3. The van der Waals surface area contributed by atoms with Crippen LogP contribution >= 0.6 is 0 Å². The summed E-state index contributed by atoms with van der Waals surface area (Å²) in [4.78, 5) is 13.2. The lowest BCUT2D eigenvalue weighted by molar-refractivity contribution is -0.137. The predicted molar refractivity (Wildman–Crippen MR) is 63.6 cm³/mol. The van der Waals surface area contributed by atoms with Gasteiger partial charge in [-0.3, -0.25) is 4.79 Å². The molecule has 0 amide bonds. The molecule has 0 spiro atoms. The highest BCUT2D eigenvalue weighted by molar-refractivity contribution is 5.96. The van der Waals surface area contributed by atoms with Crippen LogP contribution in [0, 0.1) is 0 Å². The summed E-state index contributed by atoms with van der Waals surface area (Å²) in [6, 6.07) is 8.75. The Kier molecular flexibility index (Phi) is 5.34. The molecule has 0 atom stereocenters. The second-order valence-electron chi connectivity index (χ2n) is 4.21. The largest absolute Gasteiger partial charge is 0.390 e. The SMILES string of the molecule is CN(CCC(=O)c1ccccc1)CCC(F)(F)F. The second kappa shape index (κ2) is 6.54. The van der Waals surface area contributed by atoms with Gasteiger partial charge in [0.15, 0.2) is 5.78 Å². The molecular weight excluding hydrogens is 243 g/mol. The fourth-order valence-corrected chi connectivity index (χ4v) is 1.49. The quantitative estimate of drug-likeness (QED) is 0.731. The number of hydrogen-bond acceptors (Lipinski definition) is 2. The van der Waals surface area contributed by atoms with Crippen LogP contribution in [-0.4, -0.2) is 37.0 Å². The Morgan fingerprint density at radius 2 is 1.78 bits per heavy atom. The number of carbonyl (C=O) groups excluding carboxylic acids is 1. The van der Waals surface area contributed by atoms with E-state index in [0.29, 0.717) is 12.1 Å². The van der Waals surface area contributed by atoms with Crippen molar-refractivity contribution >= 4 is 5.78 Å². The molecular formula is C13H16F3NO. The first-order chi connectivity index (χ1) is 8.38. The zero-order chi connectivity index (χ0) is 13.6. The van der Waals surface area contributed by atoms with Gasteiger partial charge < -0.3 is 4.90 Å². The first kappa shape index (κ1) is 14.7. The van der Waals surface area contributed by atoms with E-state index in [9.17, 15) is 18.0 Å². The normalized spacial score (nSPS) is 11.8. The van der Waals surface area contributed by atoms with Crippen molar-refractivity contribution in [3.05, 3.63) is 35.9 Å². The molecule has 5 heteroatoms. The fourth-order valence-electron chi connectivity index (χ4n) is 1.49. The van der Waals surface area contributed by atoms with Gasteiger partial charge in [0.1, 0.15) is 0 Å². The van der Waals surface area contributed by atoms with Crippen molar-refractivity contribution in [1.82, 2.24) is 4.90 Å². The van der Waals surface area contributed by atoms with Crippen LogP contribution in [0.3, 0.4) is 0 Å². The van der Waals surface area contributed by atoms with Crippen molar-refractivity contribution in [1.29, 1.82) is 0 Å². The van der Waals surface area contributed by atoms with Crippen LogP contribution in [0.15, 0.2) is 30.3 Å². The van der Waals surface area contributed by atoms with Crippen molar-refractivity contribution in [3.8, 4) is 0 Å². The molecule has 0 aliphatic heterocycles. The lowest BCUT2D eigenvalue weighted by Gasteiger charge is -2.17. The molecule has 100 valence electrons. The van der Waals surface area contributed by atoms with Crippen LogP contribution in [-0.2, 0) is 0 Å². The molecule has 1 rings (SSSR count). The summed E-state index contributed by atoms with van der Waals surface area (Å²) in [6.07, 6.45) is -4.75. The third-order valence-corrected chi connectivity index (χ3v) is 2.59. The minimum absolute atomic E-state index is 0.0468. The smallest absolute Gasteiger partial charge is 0.306 e. The summed E-state index contributed by atoms with van der Waals surface area (Å²) >= 11 is 0. The van der Waals surface area contributed by atoms with Gasteiger partial charge in [-0.25, -0.2) is 0 Å². The highest BCUT2D eigenvalue weighted by Crippen LogP contribution is 2.19. The van der Waals surface area contributed by atoms with E-state index in [1.54, 1.807) is 31.3 Å². The molecule has 0 radical (unpaired) electrons. The molecule has 0 fully saturated rings. The van der Waals surface area contributed by atoms with Gasteiger partial charge in [-0.1, -0.05) is 30.3 Å². The fraction of sp³-hybridized carbons (Fsp3) is 0.462. The maximum Gasteiger partial charge on any atom is 0.390 e. The third kappa shape index (κ3) is 5.82. The average molecular weight is 259 g/mol. The monoisotopic (exact) mass is 259 g/mol. The molecule has 0 unspecified atom stereocenters. The summed E-state index contributed by atoms with van der Waals surface area (Å²) in [6.45, 7) is 0.259. The van der Waals surface area contributed by atoms with E-state index in [1.807, 2.05) is 6.07 Å². The molecule has 18 heavy (non-hydrogen) atoms. The van der Waals surface area contributed by atoms with E-state index in [1.165, 1.54) is 4.90 Å². The van der Waals surface area contributed by atoms with Crippen molar-refractivity contribution in [2.24, 2.45) is 0 Å². The second-order valence-corrected chi connectivity index (χ2v) is 4.21.